The number of nitrogens with zero attached hydrogens (tertiary/aromatic N) is 1. The van der Waals surface area contributed by atoms with Crippen LogP contribution in [0.1, 0.15) is 63.8 Å². The third-order valence-corrected chi connectivity index (χ3v) is 3.85. The van der Waals surface area contributed by atoms with Gasteiger partial charge in [0.1, 0.15) is 5.76 Å². The summed E-state index contributed by atoms with van der Waals surface area (Å²) in [5.74, 6) is 1.91. The van der Waals surface area contributed by atoms with Gasteiger partial charge in [-0.2, -0.15) is 0 Å². The molecule has 0 atom stereocenters. The van der Waals surface area contributed by atoms with Crippen molar-refractivity contribution >= 4 is 0 Å². The van der Waals surface area contributed by atoms with Crippen LogP contribution in [0.25, 0.3) is 0 Å². The fourth-order valence-electron chi connectivity index (χ4n) is 2.73. The lowest BCUT2D eigenvalue weighted by atomic mass is 9.95. The minimum Gasteiger partial charge on any atom is -0.448 e. The van der Waals surface area contributed by atoms with E-state index in [1.807, 2.05) is 0 Å². The average Bonchev–Trinajstić information content (AvgIpc) is 2.60. The molecule has 0 spiro atoms. The highest BCUT2D eigenvalue weighted by Gasteiger charge is 2.17. The summed E-state index contributed by atoms with van der Waals surface area (Å²) in [5.41, 5.74) is 1.10. The minimum atomic E-state index is 0.493. The normalized spacial score (nSPS) is 18.2. The molecule has 18 heavy (non-hydrogen) atoms. The number of hydrogen-bond donors (Lipinski definition) is 1. The number of rotatable bonds is 5. The summed E-state index contributed by atoms with van der Waals surface area (Å²) in [6, 6.07) is 0.493. The molecule has 0 saturated heterocycles. The van der Waals surface area contributed by atoms with Crippen molar-refractivity contribution in [3.63, 3.8) is 0 Å². The maximum absolute atomic E-state index is 5.59. The molecule has 1 N–H and O–H groups in total. The zero-order valence-corrected chi connectivity index (χ0v) is 11.7. The maximum atomic E-state index is 5.59. The first kappa shape index (κ1) is 13.6. The number of nitrogens with one attached hydrogen (secondary N) is 1. The Hall–Kier alpha value is -0.830. The molecule has 3 heteroatoms. The lowest BCUT2D eigenvalue weighted by molar-refractivity contribution is 0.398. The zero-order valence-electron chi connectivity index (χ0n) is 11.7. The van der Waals surface area contributed by atoms with Crippen LogP contribution in [0.5, 0.6) is 0 Å². The van der Waals surface area contributed by atoms with E-state index in [9.17, 15) is 0 Å². The van der Waals surface area contributed by atoms with Crippen molar-refractivity contribution in [2.75, 3.05) is 0 Å². The van der Waals surface area contributed by atoms with Gasteiger partial charge in [-0.1, -0.05) is 52.4 Å². The molecule has 0 radical (unpaired) electrons. The molecule has 0 aliphatic heterocycles. The Balaban J connectivity index is 1.89. The summed E-state index contributed by atoms with van der Waals surface area (Å²) >= 11 is 0. The van der Waals surface area contributed by atoms with E-state index in [4.69, 9.17) is 4.42 Å². The number of oxazole rings is 1. The van der Waals surface area contributed by atoms with E-state index in [0.717, 1.165) is 30.3 Å². The highest BCUT2D eigenvalue weighted by atomic mass is 16.3. The molecule has 102 valence electrons. The van der Waals surface area contributed by atoms with Gasteiger partial charge in [0.15, 0.2) is 6.39 Å². The number of hydrogen-bond acceptors (Lipinski definition) is 3. The predicted molar refractivity (Wildman–Crippen MR) is 73.4 cm³/mol. The largest absolute Gasteiger partial charge is 0.448 e. The summed E-state index contributed by atoms with van der Waals surface area (Å²) < 4.78 is 5.59. The van der Waals surface area contributed by atoms with Gasteiger partial charge in [0, 0.05) is 19.0 Å². The van der Waals surface area contributed by atoms with Crippen LogP contribution in [-0.2, 0) is 13.0 Å². The van der Waals surface area contributed by atoms with E-state index >= 15 is 0 Å². The topological polar surface area (TPSA) is 38.1 Å². The first-order valence-electron chi connectivity index (χ1n) is 7.40. The SMILES string of the molecule is CC(C)NCc1ncoc1CC1CCCCCC1. The fraction of sp³-hybridized carbons (Fsp3) is 0.800. The van der Waals surface area contributed by atoms with E-state index in [1.165, 1.54) is 38.5 Å². The molecule has 1 aromatic rings. The standard InChI is InChI=1S/C15H26N2O/c1-12(2)16-10-14-15(18-11-17-14)9-13-7-5-3-4-6-8-13/h11-13,16H,3-10H2,1-2H3. The van der Waals surface area contributed by atoms with E-state index in [0.29, 0.717) is 6.04 Å². The Bertz CT molecular complexity index is 338. The second-order valence-corrected chi connectivity index (χ2v) is 5.82. The van der Waals surface area contributed by atoms with Gasteiger partial charge in [0.2, 0.25) is 0 Å². The Morgan fingerprint density at radius 1 is 1.28 bits per heavy atom. The first-order valence-corrected chi connectivity index (χ1v) is 7.40. The molecule has 0 amide bonds. The van der Waals surface area contributed by atoms with Gasteiger partial charge in [-0.15, -0.1) is 0 Å². The molecule has 0 bridgehead atoms. The van der Waals surface area contributed by atoms with E-state index < -0.39 is 0 Å². The van der Waals surface area contributed by atoms with Gasteiger partial charge in [-0.05, 0) is 5.92 Å². The highest BCUT2D eigenvalue weighted by molar-refractivity contribution is 5.08. The van der Waals surface area contributed by atoms with Crippen LogP contribution in [0.2, 0.25) is 0 Å². The molecule has 1 saturated carbocycles. The third-order valence-electron chi connectivity index (χ3n) is 3.85. The predicted octanol–water partition coefficient (Wildman–Crippen LogP) is 3.69. The van der Waals surface area contributed by atoms with Crippen LogP contribution < -0.4 is 5.32 Å². The molecule has 1 aliphatic carbocycles. The fourth-order valence-corrected chi connectivity index (χ4v) is 2.73. The molecular weight excluding hydrogens is 224 g/mol. The van der Waals surface area contributed by atoms with Crippen LogP contribution in [-0.4, -0.2) is 11.0 Å². The monoisotopic (exact) mass is 250 g/mol. The quantitative estimate of drug-likeness (QED) is 0.810. The Labute approximate surface area is 110 Å². The molecule has 3 nitrogen and oxygen atoms in total. The van der Waals surface area contributed by atoms with Gasteiger partial charge < -0.3 is 9.73 Å². The van der Waals surface area contributed by atoms with E-state index in [-0.39, 0.29) is 0 Å². The van der Waals surface area contributed by atoms with Gasteiger partial charge in [0.25, 0.3) is 0 Å². The summed E-state index contributed by atoms with van der Waals surface area (Å²) in [4.78, 5) is 4.35. The van der Waals surface area contributed by atoms with Crippen LogP contribution in [0.15, 0.2) is 10.8 Å². The van der Waals surface area contributed by atoms with Crippen molar-refractivity contribution in [1.29, 1.82) is 0 Å². The van der Waals surface area contributed by atoms with E-state index in [2.05, 4.69) is 24.1 Å². The number of aromatic nitrogens is 1. The molecule has 1 fully saturated rings. The molecule has 2 rings (SSSR count). The summed E-state index contributed by atoms with van der Waals surface area (Å²) in [6.45, 7) is 5.15. The minimum absolute atomic E-state index is 0.493. The Morgan fingerprint density at radius 2 is 2.00 bits per heavy atom. The highest BCUT2D eigenvalue weighted by Crippen LogP contribution is 2.26. The lowest BCUT2D eigenvalue weighted by Crippen LogP contribution is -2.22. The van der Waals surface area contributed by atoms with Gasteiger partial charge in [-0.25, -0.2) is 4.98 Å². The van der Waals surface area contributed by atoms with Crippen LogP contribution >= 0.6 is 0 Å². The summed E-state index contributed by atoms with van der Waals surface area (Å²) in [7, 11) is 0. The van der Waals surface area contributed by atoms with Crippen molar-refractivity contribution in [1.82, 2.24) is 10.3 Å². The first-order chi connectivity index (χ1) is 8.75. The van der Waals surface area contributed by atoms with Crippen molar-refractivity contribution in [2.24, 2.45) is 5.92 Å². The molecule has 0 aromatic carbocycles. The third kappa shape index (κ3) is 4.13. The van der Waals surface area contributed by atoms with Crippen molar-refractivity contribution in [3.05, 3.63) is 17.8 Å². The van der Waals surface area contributed by atoms with E-state index in [1.54, 1.807) is 6.39 Å². The zero-order chi connectivity index (χ0) is 12.8. The Morgan fingerprint density at radius 3 is 2.67 bits per heavy atom. The molecular formula is C15H26N2O. The second-order valence-electron chi connectivity index (χ2n) is 5.82. The van der Waals surface area contributed by atoms with Crippen molar-refractivity contribution in [3.8, 4) is 0 Å². The molecule has 1 aliphatic rings. The second kappa shape index (κ2) is 6.93. The molecule has 0 unspecified atom stereocenters. The molecule has 1 heterocycles. The van der Waals surface area contributed by atoms with Crippen LogP contribution in [0, 0.1) is 5.92 Å². The summed E-state index contributed by atoms with van der Waals surface area (Å²) in [6.07, 6.45) is 11.0. The van der Waals surface area contributed by atoms with Gasteiger partial charge >= 0.3 is 0 Å². The van der Waals surface area contributed by atoms with Gasteiger partial charge in [-0.3, -0.25) is 0 Å². The smallest absolute Gasteiger partial charge is 0.181 e. The van der Waals surface area contributed by atoms with Crippen molar-refractivity contribution < 1.29 is 4.42 Å². The van der Waals surface area contributed by atoms with Crippen LogP contribution in [0.3, 0.4) is 0 Å². The van der Waals surface area contributed by atoms with Gasteiger partial charge in [0.05, 0.1) is 5.69 Å². The lowest BCUT2D eigenvalue weighted by Gasteiger charge is -2.13. The Kier molecular flexibility index (Phi) is 5.24. The van der Waals surface area contributed by atoms with Crippen molar-refractivity contribution in [2.45, 2.75) is 71.4 Å². The summed E-state index contributed by atoms with van der Waals surface area (Å²) in [5, 5.41) is 3.42. The maximum Gasteiger partial charge on any atom is 0.181 e. The van der Waals surface area contributed by atoms with Crippen LogP contribution in [0.4, 0.5) is 0 Å². The molecule has 1 aromatic heterocycles. The average molecular weight is 250 g/mol.